The smallest absolute Gasteiger partial charge is 0.315 e. The molecule has 10 heteroatoms. The van der Waals surface area contributed by atoms with Gasteiger partial charge in [-0.25, -0.2) is 0 Å². The van der Waals surface area contributed by atoms with Crippen LogP contribution in [0.3, 0.4) is 0 Å². The molecule has 1 fully saturated rings. The lowest BCUT2D eigenvalue weighted by atomic mass is 9.69. The molecular weight excluding hydrogens is 472 g/mol. The number of rotatable bonds is 10. The summed E-state index contributed by atoms with van der Waals surface area (Å²) in [6.45, 7) is -1.08. The number of carbonyl (C=O) groups is 2. The molecule has 0 spiro atoms. The molecule has 4 N–H and O–H groups in total. The predicted molar refractivity (Wildman–Crippen MR) is 125 cm³/mol. The Morgan fingerprint density at radius 2 is 1.61 bits per heavy atom. The van der Waals surface area contributed by atoms with Crippen molar-refractivity contribution in [1.82, 2.24) is 0 Å². The van der Waals surface area contributed by atoms with Crippen molar-refractivity contribution in [1.29, 1.82) is 0 Å². The van der Waals surface area contributed by atoms with Gasteiger partial charge in [-0.15, -0.1) is 0 Å². The maximum absolute atomic E-state index is 12.9. The highest BCUT2D eigenvalue weighted by molar-refractivity contribution is 6.02. The molecule has 1 saturated carbocycles. The molecule has 0 saturated heterocycles. The van der Waals surface area contributed by atoms with Crippen LogP contribution in [0.1, 0.15) is 55.5 Å². The van der Waals surface area contributed by atoms with E-state index in [0.29, 0.717) is 42.4 Å². The van der Waals surface area contributed by atoms with Crippen molar-refractivity contribution in [3.63, 3.8) is 0 Å². The molecule has 0 heterocycles. The number of Topliss-reactive ketones (excluding diaryl/α,β-unsaturated/α-hetero) is 1. The van der Waals surface area contributed by atoms with E-state index in [1.807, 2.05) is 0 Å². The lowest BCUT2D eigenvalue weighted by Gasteiger charge is -2.39. The Kier molecular flexibility index (Phi) is 7.51. The van der Waals surface area contributed by atoms with Crippen LogP contribution < -0.4 is 14.2 Å². The van der Waals surface area contributed by atoms with Crippen molar-refractivity contribution < 1.29 is 49.0 Å². The molecule has 2 aliphatic carbocycles. The second-order valence-corrected chi connectivity index (χ2v) is 9.29. The molecule has 2 aliphatic rings. The van der Waals surface area contributed by atoms with Crippen molar-refractivity contribution in [2.45, 2.75) is 65.0 Å². The van der Waals surface area contributed by atoms with Gasteiger partial charge in [-0.05, 0) is 56.4 Å². The van der Waals surface area contributed by atoms with Crippen molar-refractivity contribution in [3.8, 4) is 28.4 Å². The molecular formula is C26H30O10. The van der Waals surface area contributed by atoms with Crippen molar-refractivity contribution in [2.75, 3.05) is 6.61 Å². The average Bonchev–Trinajstić information content (AvgIpc) is 3.15. The van der Waals surface area contributed by atoms with E-state index < -0.39 is 18.4 Å². The summed E-state index contributed by atoms with van der Waals surface area (Å²) in [4.78, 5) is 25.2. The van der Waals surface area contributed by atoms with E-state index in [2.05, 4.69) is 0 Å². The van der Waals surface area contributed by atoms with Gasteiger partial charge in [0.2, 0.25) is 5.75 Å². The number of ketones is 1. The lowest BCUT2D eigenvalue weighted by Crippen LogP contribution is -2.45. The van der Waals surface area contributed by atoms with E-state index in [-0.39, 0.29) is 41.7 Å². The standard InChI is InChI=1S/C26H30O10/c1-14(2)34-23(28)26(11-4-12-26)13-33-21-18(15-5-3-6-17-16(15)7-9-19(17)27)8-10-20(35-24(29)30)22(21)36-25(31)32/h3,5-6,8,10,14,24-25,29-32H,4,7,9,11-13H2,1-2H3. The van der Waals surface area contributed by atoms with Crippen LogP contribution in [0.4, 0.5) is 0 Å². The number of aliphatic hydroxyl groups excluding tert-OH is 2. The van der Waals surface area contributed by atoms with Gasteiger partial charge < -0.3 is 39.4 Å². The van der Waals surface area contributed by atoms with E-state index in [9.17, 15) is 30.0 Å². The van der Waals surface area contributed by atoms with Gasteiger partial charge >= 0.3 is 18.9 Å². The average molecular weight is 503 g/mol. The number of aliphatic hydroxyl groups is 4. The fourth-order valence-electron chi connectivity index (χ4n) is 4.63. The first kappa shape index (κ1) is 25.9. The number of hydrogen-bond donors (Lipinski definition) is 4. The van der Waals surface area contributed by atoms with Gasteiger partial charge in [-0.2, -0.15) is 0 Å². The van der Waals surface area contributed by atoms with Gasteiger partial charge in [-0.1, -0.05) is 24.6 Å². The quantitative estimate of drug-likeness (QED) is 0.281. The normalized spacial score (nSPS) is 16.2. The molecule has 4 rings (SSSR count). The van der Waals surface area contributed by atoms with Crippen LogP contribution in [-0.2, 0) is 16.0 Å². The molecule has 0 atom stereocenters. The number of hydrogen-bond acceptors (Lipinski definition) is 10. The topological polar surface area (TPSA) is 152 Å². The second-order valence-electron chi connectivity index (χ2n) is 9.29. The Labute approximate surface area is 208 Å². The number of benzene rings is 2. The molecule has 0 amide bonds. The summed E-state index contributed by atoms with van der Waals surface area (Å²) in [6, 6.07) is 8.22. The van der Waals surface area contributed by atoms with E-state index in [4.69, 9.17) is 18.9 Å². The zero-order chi connectivity index (χ0) is 26.0. The maximum Gasteiger partial charge on any atom is 0.315 e. The number of carbonyl (C=O) groups excluding carboxylic acids is 2. The zero-order valence-corrected chi connectivity index (χ0v) is 20.1. The first-order valence-electron chi connectivity index (χ1n) is 11.8. The summed E-state index contributed by atoms with van der Waals surface area (Å²) < 4.78 is 21.8. The van der Waals surface area contributed by atoms with Gasteiger partial charge in [0.05, 0.1) is 6.10 Å². The van der Waals surface area contributed by atoms with Gasteiger partial charge in [-0.3, -0.25) is 9.59 Å². The minimum Gasteiger partial charge on any atom is -0.488 e. The van der Waals surface area contributed by atoms with Gasteiger partial charge in [0.25, 0.3) is 0 Å². The van der Waals surface area contributed by atoms with E-state index in [0.717, 1.165) is 12.0 Å². The second kappa shape index (κ2) is 10.4. The van der Waals surface area contributed by atoms with Crippen LogP contribution in [0.25, 0.3) is 11.1 Å². The molecule has 0 unspecified atom stereocenters. The summed E-state index contributed by atoms with van der Waals surface area (Å²) in [5.74, 6) is -0.904. The van der Waals surface area contributed by atoms with Crippen LogP contribution >= 0.6 is 0 Å². The van der Waals surface area contributed by atoms with Crippen molar-refractivity contribution >= 4 is 11.8 Å². The third-order valence-corrected chi connectivity index (χ3v) is 6.48. The maximum atomic E-state index is 12.9. The molecule has 10 nitrogen and oxygen atoms in total. The highest BCUT2D eigenvalue weighted by Crippen LogP contribution is 2.49. The van der Waals surface area contributed by atoms with Gasteiger partial charge in [0.15, 0.2) is 17.3 Å². The number of esters is 1. The minimum atomic E-state index is -2.28. The van der Waals surface area contributed by atoms with Crippen molar-refractivity contribution in [3.05, 3.63) is 41.5 Å². The molecule has 0 aromatic heterocycles. The Hall–Kier alpha value is -3.18. The van der Waals surface area contributed by atoms with E-state index >= 15 is 0 Å². The van der Waals surface area contributed by atoms with E-state index in [1.54, 1.807) is 38.1 Å². The highest BCUT2D eigenvalue weighted by atomic mass is 16.8. The van der Waals surface area contributed by atoms with Crippen LogP contribution in [0.15, 0.2) is 30.3 Å². The van der Waals surface area contributed by atoms with Gasteiger partial charge in [0, 0.05) is 17.5 Å². The minimum absolute atomic E-state index is 0.00220. The fraction of sp³-hybridized carbons (Fsp3) is 0.462. The predicted octanol–water partition coefficient (Wildman–Crippen LogP) is 2.28. The van der Waals surface area contributed by atoms with Crippen LogP contribution in [-0.4, -0.2) is 57.8 Å². The largest absolute Gasteiger partial charge is 0.488 e. The Morgan fingerprint density at radius 1 is 0.917 bits per heavy atom. The van der Waals surface area contributed by atoms with Crippen LogP contribution in [0.2, 0.25) is 0 Å². The molecule has 2 aromatic rings. The highest BCUT2D eigenvalue weighted by Gasteiger charge is 2.47. The van der Waals surface area contributed by atoms with Gasteiger partial charge in [0.1, 0.15) is 12.0 Å². The van der Waals surface area contributed by atoms with E-state index in [1.165, 1.54) is 6.07 Å². The summed E-state index contributed by atoms with van der Waals surface area (Å²) in [5, 5.41) is 37.9. The zero-order valence-electron chi connectivity index (χ0n) is 20.1. The summed E-state index contributed by atoms with van der Waals surface area (Å²) in [6.07, 6.45) is 2.49. The third-order valence-electron chi connectivity index (χ3n) is 6.48. The number of ether oxygens (including phenoxy) is 4. The molecule has 0 aliphatic heterocycles. The Morgan fingerprint density at radius 3 is 2.22 bits per heavy atom. The summed E-state index contributed by atoms with van der Waals surface area (Å²) >= 11 is 0. The van der Waals surface area contributed by atoms with Crippen molar-refractivity contribution in [2.24, 2.45) is 5.41 Å². The molecule has 194 valence electrons. The monoisotopic (exact) mass is 502 g/mol. The third kappa shape index (κ3) is 5.17. The fourth-order valence-corrected chi connectivity index (χ4v) is 4.63. The summed E-state index contributed by atoms with van der Waals surface area (Å²) in [7, 11) is 0. The Bertz CT molecular complexity index is 1130. The molecule has 2 aromatic carbocycles. The number of fused-ring (bicyclic) bond motifs is 1. The first-order chi connectivity index (χ1) is 17.1. The molecule has 0 bridgehead atoms. The SMILES string of the molecule is CC(C)OC(=O)C1(COc2c(-c3cccc4c3CCC4=O)ccc(OC(O)O)c2OC(O)O)CCC1. The van der Waals surface area contributed by atoms with Crippen LogP contribution in [0, 0.1) is 5.41 Å². The first-order valence-corrected chi connectivity index (χ1v) is 11.8. The Balaban J connectivity index is 1.81. The molecule has 36 heavy (non-hydrogen) atoms. The van der Waals surface area contributed by atoms with Crippen LogP contribution in [0.5, 0.6) is 17.2 Å². The summed E-state index contributed by atoms with van der Waals surface area (Å²) in [5.41, 5.74) is 1.61. The lowest BCUT2D eigenvalue weighted by molar-refractivity contribution is -0.193. The molecule has 0 radical (unpaired) electrons.